The Morgan fingerprint density at radius 3 is 2.73 bits per heavy atom. The molecule has 0 saturated carbocycles. The summed E-state index contributed by atoms with van der Waals surface area (Å²) in [6, 6.07) is 8.57. The van der Waals surface area contributed by atoms with Crippen LogP contribution in [0.4, 0.5) is 5.69 Å². The van der Waals surface area contributed by atoms with Crippen molar-refractivity contribution in [1.29, 1.82) is 0 Å². The van der Waals surface area contributed by atoms with E-state index in [0.29, 0.717) is 17.9 Å². The van der Waals surface area contributed by atoms with Crippen molar-refractivity contribution in [2.75, 3.05) is 58.3 Å². The van der Waals surface area contributed by atoms with Crippen LogP contribution in [-0.4, -0.2) is 90.2 Å². The monoisotopic (exact) mass is 453 g/mol. The average molecular weight is 454 g/mol. The van der Waals surface area contributed by atoms with E-state index in [-0.39, 0.29) is 5.92 Å². The number of para-hydroxylation sites is 2. The van der Waals surface area contributed by atoms with Gasteiger partial charge in [-0.1, -0.05) is 17.3 Å². The Kier molecular flexibility index (Phi) is 6.50. The summed E-state index contributed by atoms with van der Waals surface area (Å²) < 4.78 is 7.49. The number of methoxy groups -OCH3 is 1. The smallest absolute Gasteiger partial charge is 0.227 e. The fraction of sp³-hybridized carbons (Fsp3) is 0.625. The van der Waals surface area contributed by atoms with Crippen molar-refractivity contribution in [3.63, 3.8) is 0 Å². The third-order valence-corrected chi connectivity index (χ3v) is 7.55. The van der Waals surface area contributed by atoms with E-state index in [1.807, 2.05) is 36.1 Å². The van der Waals surface area contributed by atoms with Gasteiger partial charge in [0.15, 0.2) is 0 Å². The zero-order valence-corrected chi connectivity index (χ0v) is 19.7. The standard InChI is InChI=1S/C24H35N7O2/c1-25-14-19-15-31(27-26-19)16-20-13-18-7-8-30(20)17-21(18)24(32)29-11-9-28(10-12-29)22-5-3-4-6-23(22)33-2/h3-6,15,18,20-21,25H,7-14,16-17H2,1-2H3/t18-,20-,21+/m1/s1. The molecule has 4 fully saturated rings. The second-order valence-corrected chi connectivity index (χ2v) is 9.49. The molecule has 9 heteroatoms. The molecule has 4 saturated heterocycles. The Balaban J connectivity index is 1.16. The molecule has 0 aliphatic carbocycles. The van der Waals surface area contributed by atoms with E-state index >= 15 is 0 Å². The van der Waals surface area contributed by atoms with Crippen LogP contribution in [-0.2, 0) is 17.9 Å². The number of rotatable bonds is 7. The summed E-state index contributed by atoms with van der Waals surface area (Å²) >= 11 is 0. The van der Waals surface area contributed by atoms with Crippen LogP contribution in [0.25, 0.3) is 0 Å². The number of ether oxygens (including phenoxy) is 1. The maximum atomic E-state index is 13.5. The largest absolute Gasteiger partial charge is 0.495 e. The van der Waals surface area contributed by atoms with Crippen molar-refractivity contribution in [2.45, 2.75) is 32.0 Å². The van der Waals surface area contributed by atoms with Crippen molar-refractivity contribution in [3.05, 3.63) is 36.2 Å². The second kappa shape index (κ2) is 9.69. The molecule has 2 bridgehead atoms. The van der Waals surface area contributed by atoms with Crippen LogP contribution >= 0.6 is 0 Å². The van der Waals surface area contributed by atoms with E-state index in [1.54, 1.807) is 7.11 Å². The van der Waals surface area contributed by atoms with Crippen molar-refractivity contribution >= 4 is 11.6 Å². The van der Waals surface area contributed by atoms with E-state index in [4.69, 9.17) is 4.74 Å². The maximum absolute atomic E-state index is 13.5. The first kappa shape index (κ1) is 22.2. The number of hydrogen-bond donors (Lipinski definition) is 1. The topological polar surface area (TPSA) is 78.8 Å². The lowest BCUT2D eigenvalue weighted by atomic mass is 9.75. The quantitative estimate of drug-likeness (QED) is 0.672. The number of anilines is 1. The summed E-state index contributed by atoms with van der Waals surface area (Å²) in [5.41, 5.74) is 2.08. The van der Waals surface area contributed by atoms with Gasteiger partial charge in [-0.2, -0.15) is 0 Å². The second-order valence-electron chi connectivity index (χ2n) is 9.49. The minimum Gasteiger partial charge on any atom is -0.495 e. The molecule has 1 N–H and O–H groups in total. The minimum absolute atomic E-state index is 0.128. The molecule has 0 radical (unpaired) electrons. The Hall–Kier alpha value is -2.65. The van der Waals surface area contributed by atoms with Gasteiger partial charge in [0.2, 0.25) is 5.91 Å². The van der Waals surface area contributed by atoms with Crippen LogP contribution in [0, 0.1) is 11.8 Å². The maximum Gasteiger partial charge on any atom is 0.227 e. The SMILES string of the molecule is CNCc1cn(C[C@H]2C[C@H]3CCN2C[C@@H]3C(=O)N2CCN(c3ccccc3OC)CC2)nn1. The highest BCUT2D eigenvalue weighted by molar-refractivity contribution is 5.80. The van der Waals surface area contributed by atoms with Gasteiger partial charge in [-0.3, -0.25) is 14.4 Å². The van der Waals surface area contributed by atoms with E-state index in [2.05, 4.69) is 36.4 Å². The van der Waals surface area contributed by atoms with Gasteiger partial charge in [0.1, 0.15) is 5.75 Å². The Bertz CT molecular complexity index is 956. The lowest BCUT2D eigenvalue weighted by Gasteiger charge is -2.50. The van der Waals surface area contributed by atoms with Crippen molar-refractivity contribution in [2.24, 2.45) is 11.8 Å². The van der Waals surface area contributed by atoms with Crippen LogP contribution in [0.2, 0.25) is 0 Å². The first-order valence-electron chi connectivity index (χ1n) is 12.1. The molecule has 4 aliphatic rings. The molecule has 178 valence electrons. The summed E-state index contributed by atoms with van der Waals surface area (Å²) in [7, 11) is 3.63. The van der Waals surface area contributed by atoms with Gasteiger partial charge in [-0.05, 0) is 44.5 Å². The van der Waals surface area contributed by atoms with Crippen molar-refractivity contribution in [1.82, 2.24) is 30.1 Å². The number of piperidine rings is 3. The van der Waals surface area contributed by atoms with E-state index in [0.717, 1.165) is 82.3 Å². The van der Waals surface area contributed by atoms with Crippen LogP contribution < -0.4 is 15.0 Å². The first-order chi connectivity index (χ1) is 16.2. The van der Waals surface area contributed by atoms with Gasteiger partial charge in [-0.15, -0.1) is 5.10 Å². The number of nitrogens with one attached hydrogen (secondary N) is 1. The number of carbonyl (C=O) groups is 1. The van der Waals surface area contributed by atoms with Gasteiger partial charge in [0, 0.05) is 51.5 Å². The molecule has 2 aromatic rings. The number of nitrogens with zero attached hydrogens (tertiary/aromatic N) is 6. The summed E-state index contributed by atoms with van der Waals surface area (Å²) in [5.74, 6) is 1.84. The van der Waals surface area contributed by atoms with Crippen LogP contribution in [0.15, 0.2) is 30.5 Å². The molecular formula is C24H35N7O2. The summed E-state index contributed by atoms with van der Waals surface area (Å²) in [6.45, 7) is 6.78. The zero-order valence-electron chi connectivity index (χ0n) is 19.7. The molecular weight excluding hydrogens is 418 g/mol. The number of benzene rings is 1. The molecule has 9 nitrogen and oxygen atoms in total. The van der Waals surface area contributed by atoms with E-state index in [1.165, 1.54) is 0 Å². The molecule has 6 rings (SSSR count). The molecule has 1 aromatic heterocycles. The van der Waals surface area contributed by atoms with Gasteiger partial charge in [-0.25, -0.2) is 0 Å². The van der Waals surface area contributed by atoms with Gasteiger partial charge >= 0.3 is 0 Å². The predicted molar refractivity (Wildman–Crippen MR) is 126 cm³/mol. The normalized spacial score (nSPS) is 27.1. The lowest BCUT2D eigenvalue weighted by molar-refractivity contribution is -0.144. The number of aromatic nitrogens is 3. The minimum atomic E-state index is 0.128. The summed E-state index contributed by atoms with van der Waals surface area (Å²) in [4.78, 5) is 20.4. The highest BCUT2D eigenvalue weighted by Crippen LogP contribution is 2.38. The Labute approximate surface area is 195 Å². The van der Waals surface area contributed by atoms with E-state index in [9.17, 15) is 4.79 Å². The zero-order chi connectivity index (χ0) is 22.8. The number of fused-ring (bicyclic) bond motifs is 3. The molecule has 4 aliphatic heterocycles. The molecule has 1 amide bonds. The Morgan fingerprint density at radius 2 is 2.00 bits per heavy atom. The lowest BCUT2D eigenvalue weighted by Crippen LogP contribution is -2.60. The highest BCUT2D eigenvalue weighted by atomic mass is 16.5. The molecule has 5 heterocycles. The highest BCUT2D eigenvalue weighted by Gasteiger charge is 2.44. The van der Waals surface area contributed by atoms with Gasteiger partial charge in [0.25, 0.3) is 0 Å². The molecule has 4 atom stereocenters. The third-order valence-electron chi connectivity index (χ3n) is 7.55. The Morgan fingerprint density at radius 1 is 1.18 bits per heavy atom. The first-order valence-corrected chi connectivity index (χ1v) is 12.1. The fourth-order valence-corrected chi connectivity index (χ4v) is 5.81. The van der Waals surface area contributed by atoms with E-state index < -0.39 is 0 Å². The van der Waals surface area contributed by atoms with Gasteiger partial charge in [0.05, 0.1) is 31.0 Å². The summed E-state index contributed by atoms with van der Waals surface area (Å²) in [6.07, 6.45) is 4.22. The predicted octanol–water partition coefficient (Wildman–Crippen LogP) is 1.07. The fourth-order valence-electron chi connectivity index (χ4n) is 5.81. The van der Waals surface area contributed by atoms with Crippen molar-refractivity contribution in [3.8, 4) is 5.75 Å². The molecule has 1 unspecified atom stereocenters. The number of carbonyl (C=O) groups excluding carboxylic acids is 1. The van der Waals surface area contributed by atoms with Crippen LogP contribution in [0.3, 0.4) is 0 Å². The van der Waals surface area contributed by atoms with Gasteiger partial charge < -0.3 is 19.9 Å². The molecule has 0 spiro atoms. The van der Waals surface area contributed by atoms with Crippen LogP contribution in [0.1, 0.15) is 18.5 Å². The summed E-state index contributed by atoms with van der Waals surface area (Å²) in [5, 5.41) is 11.6. The number of piperazine rings is 1. The number of amides is 1. The third kappa shape index (κ3) is 4.56. The van der Waals surface area contributed by atoms with Crippen LogP contribution in [0.5, 0.6) is 5.75 Å². The van der Waals surface area contributed by atoms with Crippen molar-refractivity contribution < 1.29 is 9.53 Å². The molecule has 1 aromatic carbocycles. The molecule has 33 heavy (non-hydrogen) atoms. The number of hydrogen-bond acceptors (Lipinski definition) is 7. The average Bonchev–Trinajstić information content (AvgIpc) is 3.31.